The summed E-state index contributed by atoms with van der Waals surface area (Å²) < 4.78 is 13.2. The Morgan fingerprint density at radius 1 is 0.581 bits per heavy atom. The smallest absolute Gasteiger partial charge is 0.245 e. The molecule has 3 aliphatic heterocycles. The summed E-state index contributed by atoms with van der Waals surface area (Å²) in [4.78, 5) is 63.7. The number of aromatic amines is 2. The summed E-state index contributed by atoms with van der Waals surface area (Å²) in [6.45, 7) is 2.43. The molecule has 2 fully saturated rings. The van der Waals surface area contributed by atoms with E-state index in [1.807, 2.05) is 121 Å². The predicted molar refractivity (Wildman–Crippen MR) is 289 cm³/mol. The average molecular weight is 991 g/mol. The Morgan fingerprint density at radius 2 is 1.15 bits per heavy atom. The molecule has 14 heteroatoms. The predicted octanol–water partition coefficient (Wildman–Crippen LogP) is 10.9. The maximum absolute atomic E-state index is 14.9. The SMILES string of the molecule is CN(C)C(C(=O)N1CCC[C@H]1c1ncc(-c2ccc(-c3ccc4c(c3)OCCCCCCCCO[C@H]3C[C@@H](c5ncc-4[nH]5)N(C(=O)C(c4cnc5ccccc5c4)N(C)C)C3)cc2)[nH]1)c1cnc2ccccc2c1. The number of likely N-dealkylation sites (tertiary alicyclic amines) is 2. The zero-order valence-corrected chi connectivity index (χ0v) is 42.9. The lowest BCUT2D eigenvalue weighted by atomic mass is 10.00. The molecule has 4 aromatic heterocycles. The molecule has 4 aromatic carbocycles. The van der Waals surface area contributed by atoms with Crippen molar-refractivity contribution < 1.29 is 19.1 Å². The zero-order chi connectivity index (χ0) is 50.7. The maximum Gasteiger partial charge on any atom is 0.245 e. The molecule has 5 atom stereocenters. The van der Waals surface area contributed by atoms with Crippen molar-refractivity contribution in [3.05, 3.63) is 151 Å². The largest absolute Gasteiger partial charge is 0.493 e. The molecule has 2 amide bonds. The molecule has 2 saturated heterocycles. The average Bonchev–Trinajstić information content (AvgIpc) is 4.27. The van der Waals surface area contributed by atoms with E-state index in [0.717, 1.165) is 135 Å². The van der Waals surface area contributed by atoms with Crippen molar-refractivity contribution in [2.24, 2.45) is 0 Å². The van der Waals surface area contributed by atoms with Gasteiger partial charge in [-0.15, -0.1) is 0 Å². The number of benzene rings is 4. The fraction of sp³-hybridized carbons (Fsp3) is 0.367. The Hall–Kier alpha value is -7.26. The first-order valence-corrected chi connectivity index (χ1v) is 26.4. The molecule has 14 nitrogen and oxygen atoms in total. The second-order valence-electron chi connectivity index (χ2n) is 20.7. The highest BCUT2D eigenvalue weighted by Crippen LogP contribution is 2.40. The number of ether oxygens (including phenoxy) is 2. The highest BCUT2D eigenvalue weighted by atomic mass is 16.5. The fourth-order valence-corrected chi connectivity index (χ4v) is 11.4. The molecule has 2 unspecified atom stereocenters. The number of nitrogens with zero attached hydrogens (tertiary/aromatic N) is 8. The van der Waals surface area contributed by atoms with Gasteiger partial charge in [-0.25, -0.2) is 9.97 Å². The minimum atomic E-state index is -0.537. The molecule has 3 aliphatic rings. The summed E-state index contributed by atoms with van der Waals surface area (Å²) >= 11 is 0. The van der Waals surface area contributed by atoms with Crippen molar-refractivity contribution in [2.45, 2.75) is 88.1 Å². The van der Waals surface area contributed by atoms with Crippen LogP contribution in [0.1, 0.15) is 105 Å². The van der Waals surface area contributed by atoms with E-state index in [0.29, 0.717) is 32.7 Å². The molecular weight excluding hydrogens is 925 g/mol. The molecule has 4 bridgehead atoms. The van der Waals surface area contributed by atoms with Gasteiger partial charge in [0.25, 0.3) is 0 Å². The van der Waals surface area contributed by atoms with E-state index in [1.54, 1.807) is 0 Å². The van der Waals surface area contributed by atoms with E-state index in [1.165, 1.54) is 0 Å². The Morgan fingerprint density at radius 3 is 1.82 bits per heavy atom. The minimum Gasteiger partial charge on any atom is -0.493 e. The molecular formula is C60H66N10O4. The van der Waals surface area contributed by atoms with E-state index < -0.39 is 12.1 Å². The first kappa shape index (κ1) is 49.0. The number of aromatic nitrogens is 6. The quantitative estimate of drug-likeness (QED) is 0.143. The van der Waals surface area contributed by atoms with E-state index in [9.17, 15) is 9.59 Å². The van der Waals surface area contributed by atoms with Crippen LogP contribution in [0.2, 0.25) is 0 Å². The van der Waals surface area contributed by atoms with Crippen LogP contribution in [0.15, 0.2) is 128 Å². The van der Waals surface area contributed by atoms with E-state index >= 15 is 0 Å². The van der Waals surface area contributed by atoms with Gasteiger partial charge >= 0.3 is 0 Å². The van der Waals surface area contributed by atoms with Crippen LogP contribution in [0.4, 0.5) is 0 Å². The second-order valence-corrected chi connectivity index (χ2v) is 20.7. The van der Waals surface area contributed by atoms with Crippen LogP contribution in [0.3, 0.4) is 0 Å². The fourth-order valence-electron chi connectivity index (χ4n) is 11.4. The first-order chi connectivity index (χ1) is 36.2. The van der Waals surface area contributed by atoms with Crippen LogP contribution in [-0.4, -0.2) is 122 Å². The number of hydrogen-bond donors (Lipinski definition) is 2. The van der Waals surface area contributed by atoms with Crippen molar-refractivity contribution >= 4 is 33.6 Å². The van der Waals surface area contributed by atoms with Crippen LogP contribution in [0.25, 0.3) is 55.4 Å². The summed E-state index contributed by atoms with van der Waals surface area (Å²) in [5.74, 6) is 2.35. The summed E-state index contributed by atoms with van der Waals surface area (Å²) in [6.07, 6.45) is 16.1. The van der Waals surface area contributed by atoms with Crippen LogP contribution < -0.4 is 4.74 Å². The number of carbonyl (C=O) groups excluding carboxylic acids is 2. The number of para-hydroxylation sites is 2. The Labute approximate surface area is 433 Å². The number of H-pyrrole nitrogens is 2. The number of fused-ring (bicyclic) bond motifs is 9. The molecule has 0 radical (unpaired) electrons. The normalized spacial score (nSPS) is 19.6. The number of likely N-dealkylation sites (N-methyl/N-ethyl adjacent to an activating group) is 2. The lowest BCUT2D eigenvalue weighted by Gasteiger charge is -2.31. The summed E-state index contributed by atoms with van der Waals surface area (Å²) in [5, 5.41) is 2.02. The van der Waals surface area contributed by atoms with Gasteiger partial charge in [-0.1, -0.05) is 92.4 Å². The van der Waals surface area contributed by atoms with Crippen LogP contribution in [0, 0.1) is 0 Å². The van der Waals surface area contributed by atoms with Crippen molar-refractivity contribution in [2.75, 3.05) is 54.5 Å². The third-order valence-electron chi connectivity index (χ3n) is 15.2. The van der Waals surface area contributed by atoms with Crippen LogP contribution in [-0.2, 0) is 14.3 Å². The molecule has 0 aliphatic carbocycles. The van der Waals surface area contributed by atoms with E-state index in [4.69, 9.17) is 24.4 Å². The molecule has 8 aromatic rings. The van der Waals surface area contributed by atoms with Gasteiger partial charge in [-0.2, -0.15) is 0 Å². The number of imidazole rings is 2. The molecule has 7 heterocycles. The number of hydrogen-bond acceptors (Lipinski definition) is 10. The Bertz CT molecular complexity index is 3260. The molecule has 0 saturated carbocycles. The summed E-state index contributed by atoms with van der Waals surface area (Å²) in [5.41, 5.74) is 9.28. The van der Waals surface area contributed by atoms with Gasteiger partial charge in [0.15, 0.2) is 0 Å². The van der Waals surface area contributed by atoms with Crippen molar-refractivity contribution in [1.82, 2.24) is 49.5 Å². The summed E-state index contributed by atoms with van der Waals surface area (Å²) in [6, 6.07) is 33.6. The number of rotatable bonds is 9. The maximum atomic E-state index is 14.9. The van der Waals surface area contributed by atoms with Crippen LogP contribution in [0.5, 0.6) is 5.75 Å². The Kier molecular flexibility index (Phi) is 14.3. The molecule has 11 rings (SSSR count). The van der Waals surface area contributed by atoms with E-state index in [2.05, 4.69) is 69.5 Å². The zero-order valence-electron chi connectivity index (χ0n) is 42.9. The monoisotopic (exact) mass is 991 g/mol. The first-order valence-electron chi connectivity index (χ1n) is 26.4. The standard InChI is InChI=1S/C60H66N10O4/c1-67(2)55(44-30-42-16-9-11-18-48(42)61-34-44)59(71)69-27-15-20-52(69)57-63-36-50(65-57)40-23-21-39(22-24-40)41-25-26-47-51-37-64-58(66-51)53-33-46(73-28-13-7-5-6-8-14-29-74-54(47)32-41)38-70(53)60(72)56(68(3)4)45-31-43-17-10-12-19-49(43)62-35-45/h9-12,16-19,21-26,30-32,34-37,46,52-53,55-56H,5-8,13-15,20,27-29,33,38H2,1-4H3,(H,63,65)(H,64,66)/t46-,52-,53-,55?,56?/m0/s1. The second kappa shape index (κ2) is 21.7. The van der Waals surface area contributed by atoms with Gasteiger partial charge in [0.05, 0.1) is 59.6 Å². The van der Waals surface area contributed by atoms with Gasteiger partial charge in [0.2, 0.25) is 11.8 Å². The molecule has 2 N–H and O–H groups in total. The minimum absolute atomic E-state index is 0.00337. The van der Waals surface area contributed by atoms with Crippen molar-refractivity contribution in [3.8, 4) is 39.4 Å². The van der Waals surface area contributed by atoms with Gasteiger partial charge < -0.3 is 29.2 Å². The highest BCUT2D eigenvalue weighted by molar-refractivity contribution is 5.88. The topological polar surface area (TPSA) is 149 Å². The lowest BCUT2D eigenvalue weighted by molar-refractivity contribution is -0.138. The number of amides is 2. The Balaban J connectivity index is 0.831. The van der Waals surface area contributed by atoms with Gasteiger partial charge in [-0.3, -0.25) is 29.4 Å². The van der Waals surface area contributed by atoms with Gasteiger partial charge in [0.1, 0.15) is 29.5 Å². The van der Waals surface area contributed by atoms with E-state index in [-0.39, 0.29) is 30.0 Å². The van der Waals surface area contributed by atoms with Crippen molar-refractivity contribution in [1.29, 1.82) is 0 Å². The number of pyridine rings is 2. The summed E-state index contributed by atoms with van der Waals surface area (Å²) in [7, 11) is 7.80. The number of carbonyl (C=O) groups is 2. The third kappa shape index (κ3) is 10.2. The van der Waals surface area contributed by atoms with Crippen LogP contribution >= 0.6 is 0 Å². The molecule has 0 spiro atoms. The highest BCUT2D eigenvalue weighted by Gasteiger charge is 2.42. The van der Waals surface area contributed by atoms with Gasteiger partial charge in [-0.05, 0) is 118 Å². The molecule has 380 valence electrons. The third-order valence-corrected chi connectivity index (χ3v) is 15.2. The number of nitrogens with one attached hydrogen (secondary N) is 2. The lowest BCUT2D eigenvalue weighted by Crippen LogP contribution is -2.41. The molecule has 74 heavy (non-hydrogen) atoms. The van der Waals surface area contributed by atoms with Crippen molar-refractivity contribution in [3.63, 3.8) is 0 Å². The van der Waals surface area contributed by atoms with Gasteiger partial charge in [0, 0.05) is 54.8 Å².